The van der Waals surface area contributed by atoms with Gasteiger partial charge in [-0.05, 0) is 18.8 Å². The third kappa shape index (κ3) is 7.54. The Morgan fingerprint density at radius 2 is 2.25 bits per heavy atom. The molecule has 0 rings (SSSR count). The maximum Gasteiger partial charge on any atom is 0.223 e. The van der Waals surface area contributed by atoms with Gasteiger partial charge in [0.25, 0.3) is 0 Å². The number of rotatable bonds is 6. The zero-order chi connectivity index (χ0) is 9.40. The number of aliphatic hydroxyl groups excluding tert-OH is 1. The quantitative estimate of drug-likeness (QED) is 0.580. The fourth-order valence-electron chi connectivity index (χ4n) is 0.706. The predicted molar refractivity (Wildman–Crippen MR) is 48.5 cm³/mol. The summed E-state index contributed by atoms with van der Waals surface area (Å²) in [4.78, 5) is 11.0. The molecule has 0 aromatic carbocycles. The third-order valence-electron chi connectivity index (χ3n) is 1.41. The smallest absolute Gasteiger partial charge is 0.223 e. The van der Waals surface area contributed by atoms with E-state index in [1.54, 1.807) is 6.42 Å². The largest absolute Gasteiger partial charge is 0.396 e. The molecule has 3 nitrogen and oxygen atoms in total. The molecule has 1 radical (unpaired) electrons. The number of amides is 1. The van der Waals surface area contributed by atoms with Crippen molar-refractivity contribution in [1.82, 2.24) is 5.32 Å². The highest BCUT2D eigenvalue weighted by atomic mass is 16.3. The number of carbonyl (C=O) groups excluding carboxylic acids is 1. The summed E-state index contributed by atoms with van der Waals surface area (Å²) >= 11 is 0. The fourth-order valence-corrected chi connectivity index (χ4v) is 0.706. The molecule has 0 aliphatic heterocycles. The first kappa shape index (κ1) is 11.4. The van der Waals surface area contributed by atoms with Crippen LogP contribution in [-0.4, -0.2) is 24.2 Å². The zero-order valence-corrected chi connectivity index (χ0v) is 7.84. The molecule has 0 aliphatic carbocycles. The van der Waals surface area contributed by atoms with Crippen molar-refractivity contribution in [3.8, 4) is 0 Å². The fraction of sp³-hybridized carbons (Fsp3) is 0.778. The Bertz CT molecular complexity index is 124. The van der Waals surface area contributed by atoms with Crippen molar-refractivity contribution in [2.75, 3.05) is 13.2 Å². The Kier molecular flexibility index (Phi) is 6.76. The molecule has 12 heavy (non-hydrogen) atoms. The lowest BCUT2D eigenvalue weighted by molar-refractivity contribution is -0.118. The Labute approximate surface area is 74.2 Å². The lowest BCUT2D eigenvalue weighted by Crippen LogP contribution is -2.25. The highest BCUT2D eigenvalue weighted by molar-refractivity contribution is 5.84. The van der Waals surface area contributed by atoms with Crippen molar-refractivity contribution < 1.29 is 9.90 Å². The molecule has 0 spiro atoms. The van der Waals surface area contributed by atoms with E-state index in [-0.39, 0.29) is 12.5 Å². The summed E-state index contributed by atoms with van der Waals surface area (Å²) in [7, 11) is 0. The first-order chi connectivity index (χ1) is 5.66. The van der Waals surface area contributed by atoms with Crippen molar-refractivity contribution in [2.45, 2.75) is 26.7 Å². The summed E-state index contributed by atoms with van der Waals surface area (Å²) in [6.07, 6.45) is 3.09. The second-order valence-corrected chi connectivity index (χ2v) is 3.20. The molecule has 3 heteroatoms. The topological polar surface area (TPSA) is 49.3 Å². The van der Waals surface area contributed by atoms with E-state index in [9.17, 15) is 4.79 Å². The van der Waals surface area contributed by atoms with E-state index in [0.717, 1.165) is 6.42 Å². The SMILES string of the molecule is CC(C)C[CH]C(=O)NCCCO. The summed E-state index contributed by atoms with van der Waals surface area (Å²) < 4.78 is 0. The minimum absolute atomic E-state index is 0.0304. The second kappa shape index (κ2) is 7.10. The minimum Gasteiger partial charge on any atom is -0.396 e. The summed E-state index contributed by atoms with van der Waals surface area (Å²) in [6, 6.07) is 0. The van der Waals surface area contributed by atoms with Crippen LogP contribution in [0, 0.1) is 12.3 Å². The third-order valence-corrected chi connectivity index (χ3v) is 1.41. The van der Waals surface area contributed by atoms with Crippen LogP contribution in [0.5, 0.6) is 0 Å². The van der Waals surface area contributed by atoms with Crippen LogP contribution < -0.4 is 5.32 Å². The van der Waals surface area contributed by atoms with Crippen LogP contribution in [0.15, 0.2) is 0 Å². The number of hydrogen-bond donors (Lipinski definition) is 2. The van der Waals surface area contributed by atoms with Crippen molar-refractivity contribution in [2.24, 2.45) is 5.92 Å². The Morgan fingerprint density at radius 3 is 2.75 bits per heavy atom. The summed E-state index contributed by atoms with van der Waals surface area (Å²) in [5, 5.41) is 11.1. The maximum atomic E-state index is 11.0. The Morgan fingerprint density at radius 1 is 1.58 bits per heavy atom. The molecule has 0 heterocycles. The number of hydrogen-bond acceptors (Lipinski definition) is 2. The van der Waals surface area contributed by atoms with Gasteiger partial charge in [-0.3, -0.25) is 4.79 Å². The van der Waals surface area contributed by atoms with Crippen LogP contribution >= 0.6 is 0 Å². The summed E-state index contributed by atoms with van der Waals surface area (Å²) in [6.45, 7) is 4.82. The van der Waals surface area contributed by atoms with Crippen LogP contribution in [0.3, 0.4) is 0 Å². The van der Waals surface area contributed by atoms with E-state index >= 15 is 0 Å². The molecule has 71 valence electrons. The molecule has 1 amide bonds. The average Bonchev–Trinajstić information content (AvgIpc) is 2.01. The van der Waals surface area contributed by atoms with Gasteiger partial charge in [-0.1, -0.05) is 13.8 Å². The van der Waals surface area contributed by atoms with Gasteiger partial charge in [-0.2, -0.15) is 0 Å². The molecule has 0 atom stereocenters. The van der Waals surface area contributed by atoms with E-state index in [1.165, 1.54) is 0 Å². The van der Waals surface area contributed by atoms with Crippen molar-refractivity contribution in [3.63, 3.8) is 0 Å². The zero-order valence-electron chi connectivity index (χ0n) is 7.84. The second-order valence-electron chi connectivity index (χ2n) is 3.20. The van der Waals surface area contributed by atoms with Crippen molar-refractivity contribution in [3.05, 3.63) is 6.42 Å². The lowest BCUT2D eigenvalue weighted by Gasteiger charge is -2.04. The van der Waals surface area contributed by atoms with Crippen LogP contribution in [0.25, 0.3) is 0 Å². The van der Waals surface area contributed by atoms with E-state index in [0.29, 0.717) is 18.9 Å². The van der Waals surface area contributed by atoms with E-state index in [1.807, 2.05) is 0 Å². The summed E-state index contributed by atoms with van der Waals surface area (Å²) in [5.41, 5.74) is 0. The van der Waals surface area contributed by atoms with E-state index in [4.69, 9.17) is 5.11 Å². The van der Waals surface area contributed by atoms with Gasteiger partial charge < -0.3 is 10.4 Å². The predicted octanol–water partition coefficient (Wildman–Crippen LogP) is 0.735. The molecule has 0 aromatic rings. The number of nitrogens with one attached hydrogen (secondary N) is 1. The monoisotopic (exact) mass is 172 g/mol. The highest BCUT2D eigenvalue weighted by Crippen LogP contribution is 2.01. The van der Waals surface area contributed by atoms with Gasteiger partial charge in [0.2, 0.25) is 5.91 Å². The summed E-state index contributed by atoms with van der Waals surface area (Å²) in [5.74, 6) is 0.491. The van der Waals surface area contributed by atoms with Crippen molar-refractivity contribution in [1.29, 1.82) is 0 Å². The van der Waals surface area contributed by atoms with Gasteiger partial charge in [0, 0.05) is 19.6 Å². The number of carbonyl (C=O) groups is 1. The standard InChI is InChI=1S/C9H18NO2/c1-8(2)4-5-9(12)10-6-3-7-11/h5,8,11H,3-4,6-7H2,1-2H3,(H,10,12). The highest BCUT2D eigenvalue weighted by Gasteiger charge is 2.02. The van der Waals surface area contributed by atoms with Gasteiger partial charge in [0.05, 0.1) is 0 Å². The van der Waals surface area contributed by atoms with Gasteiger partial charge in [-0.15, -0.1) is 0 Å². The molecule has 0 saturated heterocycles. The first-order valence-corrected chi connectivity index (χ1v) is 4.38. The average molecular weight is 172 g/mol. The lowest BCUT2D eigenvalue weighted by atomic mass is 10.1. The molecule has 0 aromatic heterocycles. The first-order valence-electron chi connectivity index (χ1n) is 4.38. The van der Waals surface area contributed by atoms with Gasteiger partial charge >= 0.3 is 0 Å². The van der Waals surface area contributed by atoms with Crippen LogP contribution in [0.2, 0.25) is 0 Å². The van der Waals surface area contributed by atoms with Gasteiger partial charge in [0.15, 0.2) is 0 Å². The van der Waals surface area contributed by atoms with E-state index < -0.39 is 0 Å². The molecular weight excluding hydrogens is 154 g/mol. The molecule has 0 fully saturated rings. The molecule has 0 bridgehead atoms. The molecular formula is C9H18NO2. The van der Waals surface area contributed by atoms with Crippen LogP contribution in [0.1, 0.15) is 26.7 Å². The van der Waals surface area contributed by atoms with Crippen molar-refractivity contribution >= 4 is 5.91 Å². The van der Waals surface area contributed by atoms with Gasteiger partial charge in [-0.25, -0.2) is 0 Å². The normalized spacial score (nSPS) is 10.3. The molecule has 2 N–H and O–H groups in total. The van der Waals surface area contributed by atoms with E-state index in [2.05, 4.69) is 19.2 Å². The van der Waals surface area contributed by atoms with Crippen LogP contribution in [-0.2, 0) is 4.79 Å². The maximum absolute atomic E-state index is 11.0. The van der Waals surface area contributed by atoms with Gasteiger partial charge in [0.1, 0.15) is 0 Å². The van der Waals surface area contributed by atoms with Crippen LogP contribution in [0.4, 0.5) is 0 Å². The Hall–Kier alpha value is -0.570. The molecule has 0 aliphatic rings. The molecule has 0 saturated carbocycles. The molecule has 0 unspecified atom stereocenters. The Balaban J connectivity index is 3.22. The minimum atomic E-state index is -0.0304. The number of aliphatic hydroxyl groups is 1.